The van der Waals surface area contributed by atoms with E-state index in [-0.39, 0.29) is 0 Å². The average Bonchev–Trinajstić information content (AvgIpc) is 2.09. The van der Waals surface area contributed by atoms with E-state index in [4.69, 9.17) is 0 Å². The molecule has 0 radical (unpaired) electrons. The van der Waals surface area contributed by atoms with E-state index in [0.717, 1.165) is 11.3 Å². The van der Waals surface area contributed by atoms with Crippen LogP contribution < -0.4 is 0 Å². The molecule has 0 amide bonds. The number of hydrogen-bond acceptors (Lipinski definition) is 1. The number of hydrogen-bond donors (Lipinski definition) is 0. The molecule has 0 aliphatic carbocycles. The van der Waals surface area contributed by atoms with Crippen molar-refractivity contribution in [2.75, 3.05) is 0 Å². The molecule has 0 saturated heterocycles. The largest absolute Gasteiger partial charge is 0.240 e. The summed E-state index contributed by atoms with van der Waals surface area (Å²) in [5.41, 5.74) is 2.10. The minimum Gasteiger partial charge on any atom is -0.240 e. The fourth-order valence-electron chi connectivity index (χ4n) is 0.824. The zero-order chi connectivity index (χ0) is 8.97. The number of para-hydroxylation sites is 1. The molecule has 0 atom stereocenters. The van der Waals surface area contributed by atoms with E-state index in [1.807, 2.05) is 53.8 Å². The van der Waals surface area contributed by atoms with Gasteiger partial charge in [0.25, 0.3) is 0 Å². The van der Waals surface area contributed by atoms with Crippen LogP contribution in [0.2, 0.25) is 0 Å². The number of nitrogens with zero attached hydrogens (tertiary/aromatic N) is 2. The second-order valence-corrected chi connectivity index (χ2v) is 3.29. The van der Waals surface area contributed by atoms with Crippen LogP contribution in [0.3, 0.4) is 0 Å². The zero-order valence-corrected chi connectivity index (χ0v) is 8.95. The van der Waals surface area contributed by atoms with Gasteiger partial charge in [-0.05, 0) is 25.3 Å². The molecule has 1 aromatic carbocycles. The van der Waals surface area contributed by atoms with E-state index < -0.39 is 0 Å². The molecule has 0 heterocycles. The van der Waals surface area contributed by atoms with Gasteiger partial charge in [-0.25, -0.2) is 9.98 Å². The topological polar surface area (TPSA) is 24.7 Å². The summed E-state index contributed by atoms with van der Waals surface area (Å²) in [4.78, 5) is 7.96. The molecule has 0 aliphatic heterocycles. The lowest BCUT2D eigenvalue weighted by Crippen LogP contribution is -1.78. The van der Waals surface area contributed by atoms with E-state index in [1.54, 1.807) is 0 Å². The molecule has 2 nitrogen and oxygen atoms in total. The molecule has 0 bridgehead atoms. The number of halogens is 1. The summed E-state index contributed by atoms with van der Waals surface area (Å²) < 4.78 is 0.668. The summed E-state index contributed by atoms with van der Waals surface area (Å²) in [6.07, 6.45) is 0. The van der Waals surface area contributed by atoms with Gasteiger partial charge in [-0.1, -0.05) is 18.2 Å². The maximum atomic E-state index is 4.25. The Kier molecular flexibility index (Phi) is 3.40. The number of benzene rings is 1. The molecule has 0 aromatic heterocycles. The van der Waals surface area contributed by atoms with Gasteiger partial charge in [0.1, 0.15) is 0 Å². The molecule has 1 aromatic rings. The summed E-state index contributed by atoms with van der Waals surface area (Å²) in [5, 5.41) is 0. The molecule has 0 spiro atoms. The van der Waals surface area contributed by atoms with Gasteiger partial charge >= 0.3 is 0 Å². The van der Waals surface area contributed by atoms with Crippen molar-refractivity contribution in [1.29, 1.82) is 0 Å². The minimum atomic E-state index is 0.668. The normalized spacial score (nSPS) is 11.3. The Morgan fingerprint density at radius 2 is 2.08 bits per heavy atom. The molecule has 0 saturated carbocycles. The van der Waals surface area contributed by atoms with E-state index in [2.05, 4.69) is 16.7 Å². The highest BCUT2D eigenvalue weighted by molar-refractivity contribution is 14.1. The minimum absolute atomic E-state index is 0.668. The van der Waals surface area contributed by atoms with Crippen molar-refractivity contribution in [1.82, 2.24) is 0 Å². The Balaban J connectivity index is 3.04. The van der Waals surface area contributed by atoms with Crippen molar-refractivity contribution < 1.29 is 0 Å². The van der Waals surface area contributed by atoms with Crippen molar-refractivity contribution in [2.24, 2.45) is 9.98 Å². The summed E-state index contributed by atoms with van der Waals surface area (Å²) in [7, 11) is 0. The smallest absolute Gasteiger partial charge is 0.190 e. The van der Waals surface area contributed by atoms with Crippen LogP contribution in [0.4, 0.5) is 5.69 Å². The third-order valence-corrected chi connectivity index (χ3v) is 2.04. The molecule has 62 valence electrons. The molecule has 12 heavy (non-hydrogen) atoms. The lowest BCUT2D eigenvalue weighted by Gasteiger charge is -1.97. The van der Waals surface area contributed by atoms with Crippen molar-refractivity contribution in [3.05, 3.63) is 29.8 Å². The molecule has 0 fully saturated rings. The summed E-state index contributed by atoms with van der Waals surface area (Å²) in [5.74, 6) is 0. The monoisotopic (exact) mass is 272 g/mol. The molecule has 0 unspecified atom stereocenters. The Morgan fingerprint density at radius 3 is 2.67 bits per heavy atom. The van der Waals surface area contributed by atoms with Crippen LogP contribution in [-0.4, -0.2) is 10.6 Å². The number of aryl methyl sites for hydroxylation is 1. The Hall–Kier alpha value is -0.710. The summed E-state index contributed by atoms with van der Waals surface area (Å²) in [6.45, 7) is 5.42. The standard InChI is InChI=1S/C9H9IN2/c1-7-5-3-4-6-8(7)12-9(10)11-2/h3-6H,2H2,1H3/b12-9-. The molecule has 0 aliphatic rings. The van der Waals surface area contributed by atoms with Crippen LogP contribution in [0.5, 0.6) is 0 Å². The average molecular weight is 272 g/mol. The highest BCUT2D eigenvalue weighted by Gasteiger charge is 1.93. The quantitative estimate of drug-likeness (QED) is 0.325. The molecule has 0 N–H and O–H groups in total. The first-order valence-corrected chi connectivity index (χ1v) is 4.58. The van der Waals surface area contributed by atoms with E-state index in [1.165, 1.54) is 0 Å². The fraction of sp³-hybridized carbons (Fsp3) is 0.111. The predicted molar refractivity (Wildman–Crippen MR) is 61.8 cm³/mol. The van der Waals surface area contributed by atoms with Gasteiger partial charge < -0.3 is 0 Å². The van der Waals surface area contributed by atoms with Crippen molar-refractivity contribution >= 4 is 38.8 Å². The second-order valence-electron chi connectivity index (χ2n) is 2.33. The lowest BCUT2D eigenvalue weighted by molar-refractivity contribution is 1.40. The third kappa shape index (κ3) is 2.41. The van der Waals surface area contributed by atoms with Crippen molar-refractivity contribution in [3.8, 4) is 0 Å². The highest BCUT2D eigenvalue weighted by Crippen LogP contribution is 2.18. The molecular weight excluding hydrogens is 263 g/mol. The van der Waals surface area contributed by atoms with Gasteiger partial charge in [-0.2, -0.15) is 0 Å². The first-order chi connectivity index (χ1) is 5.74. The Labute approximate surface area is 85.6 Å². The van der Waals surface area contributed by atoms with Gasteiger partial charge in [-0.15, -0.1) is 0 Å². The fourth-order valence-corrected chi connectivity index (χ4v) is 1.08. The Morgan fingerprint density at radius 1 is 1.42 bits per heavy atom. The van der Waals surface area contributed by atoms with Gasteiger partial charge in [0.15, 0.2) is 3.84 Å². The summed E-state index contributed by atoms with van der Waals surface area (Å²) >= 11 is 2.05. The first kappa shape index (κ1) is 9.38. The van der Waals surface area contributed by atoms with Crippen LogP contribution in [0.25, 0.3) is 0 Å². The van der Waals surface area contributed by atoms with Crippen LogP contribution in [0, 0.1) is 6.92 Å². The SMILES string of the molecule is C=N/C(I)=N\c1ccccc1C. The van der Waals surface area contributed by atoms with Gasteiger partial charge in [-0.3, -0.25) is 0 Å². The molecule has 1 rings (SSSR count). The first-order valence-electron chi connectivity index (χ1n) is 3.50. The predicted octanol–water partition coefficient (Wildman–Crippen LogP) is 3.12. The Bertz CT molecular complexity index is 318. The van der Waals surface area contributed by atoms with Gasteiger partial charge in [0.05, 0.1) is 5.69 Å². The lowest BCUT2D eigenvalue weighted by atomic mass is 10.2. The molecular formula is C9H9IN2. The van der Waals surface area contributed by atoms with Crippen LogP contribution in [0.1, 0.15) is 5.56 Å². The van der Waals surface area contributed by atoms with Crippen LogP contribution in [0.15, 0.2) is 34.3 Å². The van der Waals surface area contributed by atoms with Gasteiger partial charge in [0, 0.05) is 22.6 Å². The number of amidine groups is 1. The number of rotatable bonds is 1. The molecule has 3 heteroatoms. The highest BCUT2D eigenvalue weighted by atomic mass is 127. The third-order valence-electron chi connectivity index (χ3n) is 1.46. The second kappa shape index (κ2) is 4.35. The van der Waals surface area contributed by atoms with E-state index >= 15 is 0 Å². The van der Waals surface area contributed by atoms with Crippen molar-refractivity contribution in [2.45, 2.75) is 6.92 Å². The zero-order valence-electron chi connectivity index (χ0n) is 6.79. The van der Waals surface area contributed by atoms with Gasteiger partial charge in [0.2, 0.25) is 0 Å². The van der Waals surface area contributed by atoms with Crippen LogP contribution in [-0.2, 0) is 0 Å². The van der Waals surface area contributed by atoms with E-state index in [0.29, 0.717) is 3.84 Å². The summed E-state index contributed by atoms with van der Waals surface area (Å²) in [6, 6.07) is 7.92. The van der Waals surface area contributed by atoms with E-state index in [9.17, 15) is 0 Å². The van der Waals surface area contributed by atoms with Crippen molar-refractivity contribution in [3.63, 3.8) is 0 Å². The number of aliphatic imine (C=N–C) groups is 2. The van der Waals surface area contributed by atoms with Crippen LogP contribution >= 0.6 is 22.6 Å². The maximum Gasteiger partial charge on any atom is 0.190 e. The maximum absolute atomic E-state index is 4.25.